The van der Waals surface area contributed by atoms with Crippen LogP contribution in [0.5, 0.6) is 0 Å². The minimum atomic E-state index is -0.551. The van der Waals surface area contributed by atoms with Gasteiger partial charge in [-0.25, -0.2) is 9.59 Å². The van der Waals surface area contributed by atoms with Gasteiger partial charge in [0.25, 0.3) is 0 Å². The lowest BCUT2D eigenvalue weighted by molar-refractivity contribution is 0.0636. The molecule has 2 rings (SSSR count). The summed E-state index contributed by atoms with van der Waals surface area (Å²) in [6, 6.07) is 11.2. The Bertz CT molecular complexity index is 829. The Labute approximate surface area is 162 Å². The van der Waals surface area contributed by atoms with E-state index in [0.717, 1.165) is 11.1 Å². The molecule has 0 saturated heterocycles. The molecule has 7 heteroatoms. The molecule has 0 aliphatic rings. The van der Waals surface area contributed by atoms with E-state index in [0.29, 0.717) is 5.00 Å². The zero-order chi connectivity index (χ0) is 19.7. The molecule has 0 radical (unpaired) electrons. The first kappa shape index (κ1) is 20.3. The third kappa shape index (κ3) is 8.29. The molecule has 0 spiro atoms. The van der Waals surface area contributed by atoms with Crippen LogP contribution < -0.4 is 10.6 Å². The van der Waals surface area contributed by atoms with E-state index in [4.69, 9.17) is 9.47 Å². The van der Waals surface area contributed by atoms with E-state index < -0.39 is 17.8 Å². The van der Waals surface area contributed by atoms with Crippen molar-refractivity contribution in [3.63, 3.8) is 0 Å². The molecule has 0 fully saturated rings. The van der Waals surface area contributed by atoms with Crippen molar-refractivity contribution in [3.8, 4) is 11.8 Å². The highest BCUT2D eigenvalue weighted by atomic mass is 32.1. The molecule has 0 aliphatic carbocycles. The zero-order valence-electron chi connectivity index (χ0n) is 15.5. The van der Waals surface area contributed by atoms with E-state index in [1.807, 2.05) is 35.7 Å². The van der Waals surface area contributed by atoms with E-state index >= 15 is 0 Å². The van der Waals surface area contributed by atoms with Gasteiger partial charge in [0.15, 0.2) is 0 Å². The largest absolute Gasteiger partial charge is 0.445 e. The molecule has 0 bridgehead atoms. The number of alkyl carbamates (subject to hydrolysis) is 1. The third-order valence-corrected chi connectivity index (χ3v) is 3.84. The van der Waals surface area contributed by atoms with E-state index in [-0.39, 0.29) is 13.2 Å². The molecule has 0 unspecified atom stereocenters. The van der Waals surface area contributed by atoms with Crippen molar-refractivity contribution in [2.24, 2.45) is 0 Å². The van der Waals surface area contributed by atoms with Crippen LogP contribution in [0.15, 0.2) is 41.8 Å². The molecule has 1 aromatic carbocycles. The monoisotopic (exact) mass is 386 g/mol. The molecular weight excluding hydrogens is 364 g/mol. The Kier molecular flexibility index (Phi) is 7.26. The van der Waals surface area contributed by atoms with Crippen molar-refractivity contribution in [1.29, 1.82) is 0 Å². The van der Waals surface area contributed by atoms with Gasteiger partial charge in [-0.3, -0.25) is 5.32 Å². The van der Waals surface area contributed by atoms with Gasteiger partial charge in [0.1, 0.15) is 12.2 Å². The highest BCUT2D eigenvalue weighted by Gasteiger charge is 2.16. The number of carbonyl (C=O) groups excluding carboxylic acids is 2. The van der Waals surface area contributed by atoms with Gasteiger partial charge < -0.3 is 14.8 Å². The number of rotatable bonds is 4. The summed E-state index contributed by atoms with van der Waals surface area (Å²) >= 11 is 1.35. The van der Waals surface area contributed by atoms with Crippen molar-refractivity contribution in [1.82, 2.24) is 5.32 Å². The van der Waals surface area contributed by atoms with Crippen LogP contribution in [-0.2, 0) is 16.1 Å². The number of benzene rings is 1. The van der Waals surface area contributed by atoms with Crippen LogP contribution in [0.3, 0.4) is 0 Å². The summed E-state index contributed by atoms with van der Waals surface area (Å²) in [4.78, 5) is 23.3. The van der Waals surface area contributed by atoms with E-state index in [1.54, 1.807) is 26.8 Å². The molecule has 142 valence electrons. The van der Waals surface area contributed by atoms with E-state index in [1.165, 1.54) is 11.3 Å². The second kappa shape index (κ2) is 9.64. The van der Waals surface area contributed by atoms with E-state index in [9.17, 15) is 9.59 Å². The maximum absolute atomic E-state index is 11.7. The Morgan fingerprint density at radius 2 is 1.89 bits per heavy atom. The maximum atomic E-state index is 11.7. The van der Waals surface area contributed by atoms with Gasteiger partial charge in [0.05, 0.1) is 11.5 Å². The second-order valence-electron chi connectivity index (χ2n) is 6.54. The first-order valence-corrected chi connectivity index (χ1v) is 9.22. The van der Waals surface area contributed by atoms with E-state index in [2.05, 4.69) is 22.5 Å². The Morgan fingerprint density at radius 1 is 1.15 bits per heavy atom. The van der Waals surface area contributed by atoms with Gasteiger partial charge >= 0.3 is 12.2 Å². The number of ether oxygens (including phenoxy) is 2. The van der Waals surface area contributed by atoms with Crippen LogP contribution in [0.2, 0.25) is 0 Å². The van der Waals surface area contributed by atoms with Crippen LogP contribution in [0.1, 0.15) is 31.9 Å². The quantitative estimate of drug-likeness (QED) is 0.765. The molecule has 2 aromatic rings. The summed E-state index contributed by atoms with van der Waals surface area (Å²) in [7, 11) is 0. The minimum Gasteiger partial charge on any atom is -0.445 e. The smallest absolute Gasteiger partial charge is 0.412 e. The van der Waals surface area contributed by atoms with Crippen LogP contribution in [0, 0.1) is 11.8 Å². The SMILES string of the molecule is CC(C)(C)OC(=O)Nc1cc(C#CCNC(=O)OCc2ccccc2)cs1. The first-order valence-electron chi connectivity index (χ1n) is 8.34. The van der Waals surface area contributed by atoms with Gasteiger partial charge in [-0.2, -0.15) is 0 Å². The van der Waals surface area contributed by atoms with Gasteiger partial charge in [0, 0.05) is 10.9 Å². The predicted molar refractivity (Wildman–Crippen MR) is 106 cm³/mol. The molecule has 0 aliphatic heterocycles. The fourth-order valence-electron chi connectivity index (χ4n) is 1.91. The lowest BCUT2D eigenvalue weighted by Gasteiger charge is -2.19. The molecule has 1 aromatic heterocycles. The molecule has 27 heavy (non-hydrogen) atoms. The maximum Gasteiger partial charge on any atom is 0.412 e. The van der Waals surface area contributed by atoms with Crippen LogP contribution >= 0.6 is 11.3 Å². The van der Waals surface area contributed by atoms with Gasteiger partial charge in [-0.1, -0.05) is 42.2 Å². The lowest BCUT2D eigenvalue weighted by atomic mass is 10.2. The summed E-state index contributed by atoms with van der Waals surface area (Å²) in [6.07, 6.45) is -1.03. The third-order valence-electron chi connectivity index (χ3n) is 2.99. The van der Waals surface area contributed by atoms with Gasteiger partial charge in [-0.15, -0.1) is 11.3 Å². The van der Waals surface area contributed by atoms with Crippen molar-refractivity contribution >= 4 is 28.5 Å². The molecule has 2 amide bonds. The van der Waals surface area contributed by atoms with Crippen molar-refractivity contribution < 1.29 is 19.1 Å². The van der Waals surface area contributed by atoms with Crippen LogP contribution in [-0.4, -0.2) is 24.3 Å². The number of anilines is 1. The molecular formula is C20H22N2O4S. The number of hydrogen-bond donors (Lipinski definition) is 2. The highest BCUT2D eigenvalue weighted by molar-refractivity contribution is 7.14. The van der Waals surface area contributed by atoms with Crippen molar-refractivity contribution in [2.75, 3.05) is 11.9 Å². The normalized spacial score (nSPS) is 10.3. The molecule has 0 saturated carbocycles. The molecule has 0 atom stereocenters. The lowest BCUT2D eigenvalue weighted by Crippen LogP contribution is -2.26. The average molecular weight is 386 g/mol. The summed E-state index contributed by atoms with van der Waals surface area (Å²) in [5.41, 5.74) is 1.11. The topological polar surface area (TPSA) is 76.7 Å². The van der Waals surface area contributed by atoms with Crippen molar-refractivity contribution in [2.45, 2.75) is 33.0 Å². The first-order chi connectivity index (χ1) is 12.8. The average Bonchev–Trinajstić information content (AvgIpc) is 3.03. The number of amides is 2. The Hall–Kier alpha value is -2.98. The number of thiophene rings is 1. The van der Waals surface area contributed by atoms with Crippen LogP contribution in [0.4, 0.5) is 14.6 Å². The Morgan fingerprint density at radius 3 is 2.59 bits per heavy atom. The number of carbonyl (C=O) groups is 2. The minimum absolute atomic E-state index is 0.165. The molecule has 1 heterocycles. The summed E-state index contributed by atoms with van der Waals surface area (Å²) in [5, 5.41) is 7.68. The second-order valence-corrected chi connectivity index (χ2v) is 7.45. The summed E-state index contributed by atoms with van der Waals surface area (Å²) in [5.74, 6) is 5.75. The van der Waals surface area contributed by atoms with Gasteiger partial charge in [0.2, 0.25) is 0 Å². The number of nitrogens with one attached hydrogen (secondary N) is 2. The summed E-state index contributed by atoms with van der Waals surface area (Å²) < 4.78 is 10.3. The molecule has 2 N–H and O–H groups in total. The number of hydrogen-bond acceptors (Lipinski definition) is 5. The molecule has 6 nitrogen and oxygen atoms in total. The standard InChI is InChI=1S/C20H22N2O4S/c1-20(2,3)26-19(24)22-17-12-16(14-27-17)10-7-11-21-18(23)25-13-15-8-5-4-6-9-15/h4-6,8-9,12,14H,11,13H2,1-3H3,(H,21,23)(H,22,24). The van der Waals surface area contributed by atoms with Crippen LogP contribution in [0.25, 0.3) is 0 Å². The zero-order valence-corrected chi connectivity index (χ0v) is 16.3. The fraction of sp³-hybridized carbons (Fsp3) is 0.300. The Balaban J connectivity index is 1.72. The predicted octanol–water partition coefficient (Wildman–Crippen LogP) is 4.37. The summed E-state index contributed by atoms with van der Waals surface area (Å²) in [6.45, 7) is 5.78. The van der Waals surface area contributed by atoms with Crippen molar-refractivity contribution in [3.05, 3.63) is 52.9 Å². The van der Waals surface area contributed by atoms with Gasteiger partial charge in [-0.05, 0) is 32.4 Å². The highest BCUT2D eigenvalue weighted by Crippen LogP contribution is 2.20. The fourth-order valence-corrected chi connectivity index (χ4v) is 2.63.